The molecule has 0 bridgehead atoms. The molecule has 0 aliphatic heterocycles. The van der Waals surface area contributed by atoms with E-state index in [2.05, 4.69) is 15.0 Å². The van der Waals surface area contributed by atoms with E-state index in [0.29, 0.717) is 12.1 Å². The minimum Gasteiger partial charge on any atom is -0.480 e. The van der Waals surface area contributed by atoms with Gasteiger partial charge in [0.1, 0.15) is 11.6 Å². The van der Waals surface area contributed by atoms with Crippen LogP contribution in [0.3, 0.4) is 0 Å². The highest BCUT2D eigenvalue weighted by molar-refractivity contribution is 5.96. The van der Waals surface area contributed by atoms with Crippen LogP contribution in [0.25, 0.3) is 0 Å². The fourth-order valence-electron chi connectivity index (χ4n) is 2.05. The third-order valence-electron chi connectivity index (χ3n) is 3.48. The number of aliphatic carboxylic acids is 1. The van der Waals surface area contributed by atoms with Crippen LogP contribution in [0.2, 0.25) is 0 Å². The zero-order valence-electron chi connectivity index (χ0n) is 13.3. The predicted octanol–water partition coefficient (Wildman–Crippen LogP) is 2.00. The van der Waals surface area contributed by atoms with Gasteiger partial charge in [0.05, 0.1) is 12.0 Å². The molecule has 0 fully saturated rings. The zero-order valence-corrected chi connectivity index (χ0v) is 13.3. The first-order valence-electron chi connectivity index (χ1n) is 6.96. The molecule has 1 aromatic rings. The Balaban J connectivity index is 3.45. The van der Waals surface area contributed by atoms with Gasteiger partial charge >= 0.3 is 17.6 Å². The van der Waals surface area contributed by atoms with Crippen LogP contribution in [0.1, 0.15) is 36.3 Å². The van der Waals surface area contributed by atoms with Crippen LogP contribution >= 0.6 is 0 Å². The molecule has 0 aromatic carbocycles. The molecule has 0 unspecified atom stereocenters. The van der Waals surface area contributed by atoms with Gasteiger partial charge < -0.3 is 15.2 Å². The zero-order chi connectivity index (χ0) is 17.7. The molecule has 0 radical (unpaired) electrons. The molecule has 0 aliphatic carbocycles. The van der Waals surface area contributed by atoms with Gasteiger partial charge in [-0.3, -0.25) is 10.1 Å². The predicted molar refractivity (Wildman–Crippen MR) is 81.5 cm³/mol. The maximum Gasteiger partial charge on any atom is 0.345 e. The van der Waals surface area contributed by atoms with Gasteiger partial charge in [-0.1, -0.05) is 20.3 Å². The first-order valence-corrected chi connectivity index (χ1v) is 6.96. The average molecular weight is 325 g/mol. The van der Waals surface area contributed by atoms with Crippen molar-refractivity contribution in [1.82, 2.24) is 4.98 Å². The number of carbonyl (C=O) groups is 2. The molecule has 0 saturated heterocycles. The summed E-state index contributed by atoms with van der Waals surface area (Å²) in [6, 6.07) is 0.159. The van der Waals surface area contributed by atoms with E-state index in [0.717, 1.165) is 7.11 Å². The highest BCUT2D eigenvalue weighted by Crippen LogP contribution is 2.30. The molecule has 23 heavy (non-hydrogen) atoms. The minimum absolute atomic E-state index is 0.261. The first-order chi connectivity index (χ1) is 10.7. The van der Waals surface area contributed by atoms with E-state index >= 15 is 0 Å². The van der Waals surface area contributed by atoms with Crippen molar-refractivity contribution in [2.75, 3.05) is 12.4 Å². The molecule has 2 N–H and O–H groups in total. The minimum atomic E-state index is -1.16. The number of aryl methyl sites for hydroxylation is 1. The Kier molecular flexibility index (Phi) is 6.00. The van der Waals surface area contributed by atoms with Crippen LogP contribution in [0.5, 0.6) is 0 Å². The quantitative estimate of drug-likeness (QED) is 0.442. The lowest BCUT2D eigenvalue weighted by Crippen LogP contribution is -2.36. The van der Waals surface area contributed by atoms with Crippen LogP contribution in [-0.4, -0.2) is 40.1 Å². The number of pyridine rings is 1. The first kappa shape index (κ1) is 18.3. The number of carbonyl (C=O) groups excluding carboxylic acids is 1. The molecule has 0 aliphatic rings. The maximum atomic E-state index is 11.8. The van der Waals surface area contributed by atoms with Crippen molar-refractivity contribution >= 4 is 23.4 Å². The Morgan fingerprint density at radius 3 is 2.57 bits per heavy atom. The molecular weight excluding hydrogens is 306 g/mol. The lowest BCUT2D eigenvalue weighted by Gasteiger charge is -2.21. The molecule has 9 heteroatoms. The molecule has 1 heterocycles. The number of hydrogen-bond acceptors (Lipinski definition) is 7. The van der Waals surface area contributed by atoms with Gasteiger partial charge in [-0.25, -0.2) is 14.6 Å². The number of esters is 1. The Hall–Kier alpha value is -2.71. The van der Waals surface area contributed by atoms with E-state index in [1.54, 1.807) is 20.8 Å². The summed E-state index contributed by atoms with van der Waals surface area (Å²) in [5.74, 6) is -2.60. The van der Waals surface area contributed by atoms with Gasteiger partial charge in [-0.15, -0.1) is 0 Å². The SMILES string of the molecule is CC[C@H](C)[C@H](Nc1nc(C)cc(C(=O)OC)c1[N+](=O)[O-])C(=O)O. The van der Waals surface area contributed by atoms with Crippen molar-refractivity contribution in [2.45, 2.75) is 33.2 Å². The van der Waals surface area contributed by atoms with Crippen LogP contribution in [0.15, 0.2) is 6.07 Å². The number of carboxylic acids is 1. The van der Waals surface area contributed by atoms with Crippen molar-refractivity contribution in [3.63, 3.8) is 0 Å². The van der Waals surface area contributed by atoms with E-state index in [1.807, 2.05) is 0 Å². The molecule has 1 rings (SSSR count). The van der Waals surface area contributed by atoms with Crippen molar-refractivity contribution in [3.05, 3.63) is 27.4 Å². The number of anilines is 1. The number of ether oxygens (including phenoxy) is 1. The second kappa shape index (κ2) is 7.52. The van der Waals surface area contributed by atoms with Gasteiger partial charge in [-0.05, 0) is 18.9 Å². The number of rotatable bonds is 7. The summed E-state index contributed by atoms with van der Waals surface area (Å²) in [5, 5.41) is 23.2. The second-order valence-electron chi connectivity index (χ2n) is 5.10. The molecule has 9 nitrogen and oxygen atoms in total. The van der Waals surface area contributed by atoms with Gasteiger partial charge in [0, 0.05) is 5.69 Å². The third-order valence-corrected chi connectivity index (χ3v) is 3.48. The summed E-state index contributed by atoms with van der Waals surface area (Å²) in [4.78, 5) is 37.7. The lowest BCUT2D eigenvalue weighted by atomic mass is 9.99. The second-order valence-corrected chi connectivity index (χ2v) is 5.10. The molecule has 2 atom stereocenters. The fourth-order valence-corrected chi connectivity index (χ4v) is 2.05. The van der Waals surface area contributed by atoms with Crippen LogP contribution < -0.4 is 5.32 Å². The fraction of sp³-hybridized carbons (Fsp3) is 0.500. The number of carboxylic acid groups (broad SMARTS) is 1. The van der Waals surface area contributed by atoms with Crippen molar-refractivity contribution in [1.29, 1.82) is 0 Å². The maximum absolute atomic E-state index is 11.8. The summed E-state index contributed by atoms with van der Waals surface area (Å²) in [6.45, 7) is 5.05. The third kappa shape index (κ3) is 4.15. The largest absolute Gasteiger partial charge is 0.480 e. The van der Waals surface area contributed by atoms with Crippen molar-refractivity contribution in [2.24, 2.45) is 5.92 Å². The monoisotopic (exact) mass is 325 g/mol. The van der Waals surface area contributed by atoms with Gasteiger partial charge in [0.25, 0.3) is 0 Å². The molecule has 0 amide bonds. The number of nitro groups is 1. The van der Waals surface area contributed by atoms with Crippen LogP contribution in [0, 0.1) is 23.0 Å². The number of methoxy groups -OCH3 is 1. The molecular formula is C14H19N3O6. The van der Waals surface area contributed by atoms with Gasteiger partial charge in [-0.2, -0.15) is 0 Å². The highest BCUT2D eigenvalue weighted by Gasteiger charge is 2.32. The normalized spacial score (nSPS) is 13.0. The number of aromatic nitrogens is 1. The average Bonchev–Trinajstić information content (AvgIpc) is 2.49. The number of nitrogens with zero attached hydrogens (tertiary/aromatic N) is 2. The van der Waals surface area contributed by atoms with Crippen LogP contribution in [0.4, 0.5) is 11.5 Å². The molecule has 0 spiro atoms. The Bertz CT molecular complexity index is 631. The summed E-state index contributed by atoms with van der Waals surface area (Å²) in [7, 11) is 1.11. The summed E-state index contributed by atoms with van der Waals surface area (Å²) < 4.78 is 4.54. The van der Waals surface area contributed by atoms with Crippen molar-refractivity contribution in [3.8, 4) is 0 Å². The van der Waals surface area contributed by atoms with Gasteiger partial charge in [0.2, 0.25) is 5.82 Å². The summed E-state index contributed by atoms with van der Waals surface area (Å²) in [5.41, 5.74) is -0.551. The Labute approximate surface area is 132 Å². The van der Waals surface area contributed by atoms with Gasteiger partial charge in [0.15, 0.2) is 0 Å². The number of nitrogens with one attached hydrogen (secondary N) is 1. The molecule has 1 aromatic heterocycles. The van der Waals surface area contributed by atoms with E-state index < -0.39 is 28.6 Å². The standard InChI is InChI=1S/C14H19N3O6/c1-5-7(2)10(13(18)19)16-12-11(17(21)22)9(14(20)23-4)6-8(3)15-12/h6-7,10H,5H2,1-4H3,(H,15,16)(H,18,19)/t7-,10-/m0/s1. The summed E-state index contributed by atoms with van der Waals surface area (Å²) in [6.07, 6.45) is 0.549. The van der Waals surface area contributed by atoms with Crippen LogP contribution in [-0.2, 0) is 9.53 Å². The highest BCUT2D eigenvalue weighted by atomic mass is 16.6. The number of hydrogen-bond donors (Lipinski definition) is 2. The Morgan fingerprint density at radius 1 is 1.52 bits per heavy atom. The molecule has 126 valence electrons. The summed E-state index contributed by atoms with van der Waals surface area (Å²) >= 11 is 0. The van der Waals surface area contributed by atoms with E-state index in [4.69, 9.17) is 0 Å². The van der Waals surface area contributed by atoms with Crippen molar-refractivity contribution < 1.29 is 24.4 Å². The van der Waals surface area contributed by atoms with E-state index in [-0.39, 0.29) is 17.3 Å². The lowest BCUT2D eigenvalue weighted by molar-refractivity contribution is -0.384. The van der Waals surface area contributed by atoms with E-state index in [9.17, 15) is 24.8 Å². The topological polar surface area (TPSA) is 132 Å². The molecule has 0 saturated carbocycles. The van der Waals surface area contributed by atoms with E-state index in [1.165, 1.54) is 6.07 Å². The Morgan fingerprint density at radius 2 is 2.13 bits per heavy atom. The smallest absolute Gasteiger partial charge is 0.345 e.